The van der Waals surface area contributed by atoms with Crippen molar-refractivity contribution in [3.8, 4) is 0 Å². The first-order chi connectivity index (χ1) is 5.34. The van der Waals surface area contributed by atoms with Crippen LogP contribution in [0.1, 0.15) is 46.0 Å². The van der Waals surface area contributed by atoms with E-state index >= 15 is 0 Å². The first kappa shape index (κ1) is 12.4. The van der Waals surface area contributed by atoms with Gasteiger partial charge < -0.3 is 4.90 Å². The summed E-state index contributed by atoms with van der Waals surface area (Å²) in [7, 11) is 0. The second-order valence-corrected chi connectivity index (χ2v) is 3.73. The zero-order chi connectivity index (χ0) is 8.10. The van der Waals surface area contributed by atoms with Gasteiger partial charge in [-0.15, -0.1) is 17.0 Å². The molecule has 12 heavy (non-hydrogen) atoms. The summed E-state index contributed by atoms with van der Waals surface area (Å²) in [5, 5.41) is 0. The maximum atomic E-state index is 2.65. The molecule has 0 amide bonds. The molecule has 1 saturated heterocycles. The van der Waals surface area contributed by atoms with Gasteiger partial charge in [-0.1, -0.05) is 19.8 Å². The molecular formula is C10H22BrN. The molecule has 1 fully saturated rings. The number of nitrogens with zero attached hydrogens (tertiary/aromatic N) is 1. The summed E-state index contributed by atoms with van der Waals surface area (Å²) in [4.78, 5) is 2.65. The van der Waals surface area contributed by atoms with Crippen LogP contribution in [0.4, 0.5) is 0 Å². The van der Waals surface area contributed by atoms with Crippen molar-refractivity contribution >= 4 is 17.0 Å². The summed E-state index contributed by atoms with van der Waals surface area (Å²) in [6.07, 6.45) is 7.01. The van der Waals surface area contributed by atoms with Gasteiger partial charge in [-0.25, -0.2) is 0 Å². The molecule has 1 nitrogen and oxygen atoms in total. The number of hydrogen-bond donors (Lipinski definition) is 0. The molecule has 1 unspecified atom stereocenters. The topological polar surface area (TPSA) is 3.24 Å². The fourth-order valence-corrected chi connectivity index (χ4v) is 1.96. The molecule has 1 atom stereocenters. The van der Waals surface area contributed by atoms with Crippen molar-refractivity contribution in [3.05, 3.63) is 0 Å². The summed E-state index contributed by atoms with van der Waals surface area (Å²) in [5.41, 5.74) is 0. The molecule has 0 aromatic carbocycles. The molecule has 74 valence electrons. The third-order valence-corrected chi connectivity index (χ3v) is 2.72. The molecule has 0 aliphatic carbocycles. The van der Waals surface area contributed by atoms with Crippen molar-refractivity contribution in [2.24, 2.45) is 0 Å². The smallest absolute Gasteiger partial charge is 0.00668 e. The van der Waals surface area contributed by atoms with E-state index < -0.39 is 0 Å². The Morgan fingerprint density at radius 2 is 1.75 bits per heavy atom. The fourth-order valence-electron chi connectivity index (χ4n) is 1.96. The lowest BCUT2D eigenvalue weighted by atomic mass is 10.1. The van der Waals surface area contributed by atoms with Crippen molar-refractivity contribution in [3.63, 3.8) is 0 Å². The van der Waals surface area contributed by atoms with E-state index in [0.717, 1.165) is 6.04 Å². The number of likely N-dealkylation sites (tertiary alicyclic amines) is 1. The SMILES string of the molecule is Br.CCCC(C)N1CCCCC1. The van der Waals surface area contributed by atoms with Gasteiger partial charge in [-0.3, -0.25) is 0 Å². The van der Waals surface area contributed by atoms with E-state index in [-0.39, 0.29) is 17.0 Å². The normalized spacial score (nSPS) is 21.5. The van der Waals surface area contributed by atoms with Gasteiger partial charge in [0.15, 0.2) is 0 Å². The molecule has 0 aromatic heterocycles. The molecule has 0 spiro atoms. The van der Waals surface area contributed by atoms with E-state index in [4.69, 9.17) is 0 Å². The standard InChI is InChI=1S/C10H21N.BrH/c1-3-7-10(2)11-8-5-4-6-9-11;/h10H,3-9H2,1-2H3;1H. The fraction of sp³-hybridized carbons (Fsp3) is 1.00. The molecule has 1 aliphatic rings. The average Bonchev–Trinajstić information content (AvgIpc) is 2.07. The highest BCUT2D eigenvalue weighted by Gasteiger charge is 2.14. The maximum Gasteiger partial charge on any atom is 0.00668 e. The Morgan fingerprint density at radius 1 is 1.17 bits per heavy atom. The van der Waals surface area contributed by atoms with E-state index in [0.29, 0.717) is 0 Å². The highest BCUT2D eigenvalue weighted by atomic mass is 79.9. The first-order valence-electron chi connectivity index (χ1n) is 5.08. The van der Waals surface area contributed by atoms with Crippen molar-refractivity contribution < 1.29 is 0 Å². The zero-order valence-electron chi connectivity index (χ0n) is 8.38. The monoisotopic (exact) mass is 235 g/mol. The minimum atomic E-state index is 0. The van der Waals surface area contributed by atoms with Gasteiger partial charge in [0.25, 0.3) is 0 Å². The van der Waals surface area contributed by atoms with Crippen LogP contribution in [0.5, 0.6) is 0 Å². The molecule has 0 N–H and O–H groups in total. The van der Waals surface area contributed by atoms with Gasteiger partial charge in [0.05, 0.1) is 0 Å². The molecule has 1 heterocycles. The molecule has 0 radical (unpaired) electrons. The lowest BCUT2D eigenvalue weighted by Gasteiger charge is -2.32. The van der Waals surface area contributed by atoms with Crippen LogP contribution < -0.4 is 0 Å². The predicted octanol–water partition coefficient (Wildman–Crippen LogP) is 3.24. The lowest BCUT2D eigenvalue weighted by molar-refractivity contribution is 0.166. The zero-order valence-corrected chi connectivity index (χ0v) is 10.1. The van der Waals surface area contributed by atoms with Crippen LogP contribution >= 0.6 is 17.0 Å². The van der Waals surface area contributed by atoms with Gasteiger partial charge in [-0.05, 0) is 39.3 Å². The van der Waals surface area contributed by atoms with Gasteiger partial charge in [0.2, 0.25) is 0 Å². The number of rotatable bonds is 3. The number of halogens is 1. The van der Waals surface area contributed by atoms with Crippen LogP contribution in [0.25, 0.3) is 0 Å². The van der Waals surface area contributed by atoms with Gasteiger partial charge in [0.1, 0.15) is 0 Å². The largest absolute Gasteiger partial charge is 0.301 e. The Balaban J connectivity index is 0.00000121. The van der Waals surface area contributed by atoms with E-state index in [9.17, 15) is 0 Å². The molecule has 0 aromatic rings. The second-order valence-electron chi connectivity index (χ2n) is 3.73. The Hall–Kier alpha value is 0.440. The molecule has 1 aliphatic heterocycles. The van der Waals surface area contributed by atoms with Gasteiger partial charge >= 0.3 is 0 Å². The summed E-state index contributed by atoms with van der Waals surface area (Å²) >= 11 is 0. The van der Waals surface area contributed by atoms with Crippen molar-refractivity contribution in [1.29, 1.82) is 0 Å². The highest BCUT2D eigenvalue weighted by molar-refractivity contribution is 8.93. The molecular weight excluding hydrogens is 214 g/mol. The van der Waals surface area contributed by atoms with Crippen LogP contribution in [0.2, 0.25) is 0 Å². The summed E-state index contributed by atoms with van der Waals surface area (Å²) in [5.74, 6) is 0. The minimum absolute atomic E-state index is 0. The van der Waals surface area contributed by atoms with Gasteiger partial charge in [-0.2, -0.15) is 0 Å². The lowest BCUT2D eigenvalue weighted by Crippen LogP contribution is -2.37. The van der Waals surface area contributed by atoms with Crippen LogP contribution in [0.3, 0.4) is 0 Å². The van der Waals surface area contributed by atoms with Crippen molar-refractivity contribution in [1.82, 2.24) is 4.90 Å². The minimum Gasteiger partial charge on any atom is -0.301 e. The van der Waals surface area contributed by atoms with E-state index in [1.54, 1.807) is 0 Å². The van der Waals surface area contributed by atoms with Crippen LogP contribution in [-0.2, 0) is 0 Å². The predicted molar refractivity (Wildman–Crippen MR) is 60.1 cm³/mol. The van der Waals surface area contributed by atoms with E-state index in [1.807, 2.05) is 0 Å². The van der Waals surface area contributed by atoms with Crippen LogP contribution in [0, 0.1) is 0 Å². The first-order valence-corrected chi connectivity index (χ1v) is 5.08. The maximum absolute atomic E-state index is 2.65. The molecule has 2 heteroatoms. The Kier molecular flexibility index (Phi) is 7.16. The highest BCUT2D eigenvalue weighted by Crippen LogP contribution is 2.14. The number of hydrogen-bond acceptors (Lipinski definition) is 1. The third kappa shape index (κ3) is 3.90. The van der Waals surface area contributed by atoms with Crippen LogP contribution in [0.15, 0.2) is 0 Å². The summed E-state index contributed by atoms with van der Waals surface area (Å²) < 4.78 is 0. The second kappa shape index (κ2) is 6.90. The average molecular weight is 236 g/mol. The summed E-state index contributed by atoms with van der Waals surface area (Å²) in [6.45, 7) is 7.34. The molecule has 0 saturated carbocycles. The Morgan fingerprint density at radius 3 is 2.25 bits per heavy atom. The van der Waals surface area contributed by atoms with Crippen molar-refractivity contribution in [2.45, 2.75) is 52.0 Å². The van der Waals surface area contributed by atoms with Gasteiger partial charge in [0, 0.05) is 6.04 Å². The summed E-state index contributed by atoms with van der Waals surface area (Å²) in [6, 6.07) is 0.834. The molecule has 0 bridgehead atoms. The number of piperidine rings is 1. The third-order valence-electron chi connectivity index (χ3n) is 2.72. The van der Waals surface area contributed by atoms with Crippen LogP contribution in [-0.4, -0.2) is 24.0 Å². The van der Waals surface area contributed by atoms with E-state index in [2.05, 4.69) is 18.7 Å². The molecule has 1 rings (SSSR count). The quantitative estimate of drug-likeness (QED) is 0.727. The van der Waals surface area contributed by atoms with E-state index in [1.165, 1.54) is 45.2 Å². The Labute approximate surface area is 87.3 Å². The van der Waals surface area contributed by atoms with Crippen molar-refractivity contribution in [2.75, 3.05) is 13.1 Å². The Bertz CT molecular complexity index is 100.